The zero-order valence-corrected chi connectivity index (χ0v) is 9.78. The largest absolute Gasteiger partial charge is 0.490 e. The van der Waals surface area contributed by atoms with Crippen molar-refractivity contribution in [3.8, 4) is 5.75 Å². The van der Waals surface area contributed by atoms with E-state index in [2.05, 4.69) is 4.98 Å². The van der Waals surface area contributed by atoms with Crippen molar-refractivity contribution in [2.75, 3.05) is 12.5 Å². The number of aliphatic hydroxyl groups is 1. The van der Waals surface area contributed by atoms with Crippen LogP contribution in [-0.4, -0.2) is 28.7 Å². The molecule has 2 aromatic rings. The van der Waals surface area contributed by atoms with Gasteiger partial charge in [0.15, 0.2) is 0 Å². The molecule has 2 rings (SSSR count). The third-order valence-corrected chi connectivity index (χ3v) is 2.68. The molecule has 5 heteroatoms. The number of H-pyrrole nitrogens is 1. The van der Waals surface area contributed by atoms with Gasteiger partial charge in [-0.1, -0.05) is 12.1 Å². The zero-order chi connectivity index (χ0) is 12.3. The Bertz CT molecular complexity index is 567. The molecule has 0 bridgehead atoms. The minimum absolute atomic E-state index is 0.0664. The minimum Gasteiger partial charge on any atom is -0.490 e. The summed E-state index contributed by atoms with van der Waals surface area (Å²) in [7, 11) is 0. The second-order valence-electron chi connectivity index (χ2n) is 3.66. The van der Waals surface area contributed by atoms with Gasteiger partial charge in [-0.05, 0) is 12.1 Å². The molecule has 17 heavy (non-hydrogen) atoms. The standard InChI is InChI=1S/C12H12ClNO3/c13-6-8(15)7-17-11-5-12(16)14-10-4-2-1-3-9(10)11/h1-5,8,15H,6-7H2,(H,14,16). The summed E-state index contributed by atoms with van der Waals surface area (Å²) >= 11 is 5.47. The number of nitrogens with one attached hydrogen (secondary N) is 1. The highest BCUT2D eigenvalue weighted by molar-refractivity contribution is 6.18. The minimum atomic E-state index is -0.741. The van der Waals surface area contributed by atoms with E-state index in [1.165, 1.54) is 6.07 Å². The lowest BCUT2D eigenvalue weighted by molar-refractivity contribution is 0.126. The van der Waals surface area contributed by atoms with Gasteiger partial charge in [-0.2, -0.15) is 0 Å². The molecule has 0 saturated carbocycles. The SMILES string of the molecule is O=c1cc(OCC(O)CCl)c2ccccc2[nH]1. The third kappa shape index (κ3) is 2.78. The number of hydrogen-bond donors (Lipinski definition) is 2. The number of benzene rings is 1. The maximum Gasteiger partial charge on any atom is 0.252 e. The maximum atomic E-state index is 11.4. The average molecular weight is 254 g/mol. The van der Waals surface area contributed by atoms with Crippen LogP contribution in [0.4, 0.5) is 0 Å². The van der Waals surface area contributed by atoms with Crippen molar-refractivity contribution in [2.45, 2.75) is 6.10 Å². The number of fused-ring (bicyclic) bond motifs is 1. The van der Waals surface area contributed by atoms with Gasteiger partial charge in [0.25, 0.3) is 5.56 Å². The Morgan fingerprint density at radius 2 is 2.18 bits per heavy atom. The van der Waals surface area contributed by atoms with Crippen LogP contribution >= 0.6 is 11.6 Å². The Labute approximate surface area is 103 Å². The molecule has 1 unspecified atom stereocenters. The molecule has 90 valence electrons. The van der Waals surface area contributed by atoms with E-state index in [0.29, 0.717) is 11.3 Å². The lowest BCUT2D eigenvalue weighted by atomic mass is 10.2. The molecule has 1 atom stereocenters. The third-order valence-electron chi connectivity index (χ3n) is 2.32. The first-order chi connectivity index (χ1) is 8.20. The fourth-order valence-electron chi connectivity index (χ4n) is 1.52. The van der Waals surface area contributed by atoms with E-state index in [0.717, 1.165) is 5.39 Å². The number of alkyl halides is 1. The summed E-state index contributed by atoms with van der Waals surface area (Å²) in [4.78, 5) is 14.1. The molecule has 1 aromatic carbocycles. The second kappa shape index (κ2) is 5.21. The van der Waals surface area contributed by atoms with Gasteiger partial charge < -0.3 is 14.8 Å². The highest BCUT2D eigenvalue weighted by Gasteiger charge is 2.07. The highest BCUT2D eigenvalue weighted by Crippen LogP contribution is 2.21. The predicted octanol–water partition coefficient (Wildman–Crippen LogP) is 1.51. The van der Waals surface area contributed by atoms with Gasteiger partial charge in [-0.25, -0.2) is 0 Å². The monoisotopic (exact) mass is 253 g/mol. The van der Waals surface area contributed by atoms with Crippen LogP contribution in [-0.2, 0) is 0 Å². The summed E-state index contributed by atoms with van der Waals surface area (Å²) in [5.74, 6) is 0.551. The summed E-state index contributed by atoms with van der Waals surface area (Å²) in [6.45, 7) is 0.0664. The van der Waals surface area contributed by atoms with Crippen LogP contribution < -0.4 is 10.3 Å². The number of aliphatic hydroxyl groups excluding tert-OH is 1. The summed E-state index contributed by atoms with van der Waals surface area (Å²) in [6.07, 6.45) is -0.741. The van der Waals surface area contributed by atoms with Crippen molar-refractivity contribution in [3.05, 3.63) is 40.7 Å². The van der Waals surface area contributed by atoms with Crippen LogP contribution in [0.5, 0.6) is 5.75 Å². The van der Waals surface area contributed by atoms with E-state index in [9.17, 15) is 9.90 Å². The van der Waals surface area contributed by atoms with Gasteiger partial charge in [-0.3, -0.25) is 4.79 Å². The molecule has 0 aliphatic heterocycles. The molecule has 1 heterocycles. The summed E-state index contributed by atoms with van der Waals surface area (Å²) in [6, 6.07) is 8.68. The fourth-order valence-corrected chi connectivity index (χ4v) is 1.61. The maximum absolute atomic E-state index is 11.4. The van der Waals surface area contributed by atoms with Crippen molar-refractivity contribution >= 4 is 22.5 Å². The Morgan fingerprint density at radius 1 is 1.41 bits per heavy atom. The Balaban J connectivity index is 2.35. The van der Waals surface area contributed by atoms with Gasteiger partial charge >= 0.3 is 0 Å². The summed E-state index contributed by atoms with van der Waals surface area (Å²) < 4.78 is 5.40. The van der Waals surface area contributed by atoms with Crippen molar-refractivity contribution in [3.63, 3.8) is 0 Å². The van der Waals surface area contributed by atoms with Crippen molar-refractivity contribution < 1.29 is 9.84 Å². The fraction of sp³-hybridized carbons (Fsp3) is 0.250. The van der Waals surface area contributed by atoms with Crippen molar-refractivity contribution in [2.24, 2.45) is 0 Å². The van der Waals surface area contributed by atoms with Gasteiger partial charge in [0.2, 0.25) is 0 Å². The zero-order valence-electron chi connectivity index (χ0n) is 9.02. The number of ether oxygens (including phenoxy) is 1. The Morgan fingerprint density at radius 3 is 2.94 bits per heavy atom. The van der Waals surface area contributed by atoms with Crippen LogP contribution in [0.3, 0.4) is 0 Å². The van der Waals surface area contributed by atoms with Crippen molar-refractivity contribution in [1.29, 1.82) is 0 Å². The van der Waals surface area contributed by atoms with Crippen LogP contribution in [0, 0.1) is 0 Å². The molecular formula is C12H12ClNO3. The molecule has 0 saturated heterocycles. The van der Waals surface area contributed by atoms with Crippen LogP contribution in [0.1, 0.15) is 0 Å². The van der Waals surface area contributed by atoms with Crippen LogP contribution in [0.25, 0.3) is 10.9 Å². The average Bonchev–Trinajstić information content (AvgIpc) is 2.35. The van der Waals surface area contributed by atoms with E-state index < -0.39 is 6.10 Å². The molecule has 0 aliphatic carbocycles. The first-order valence-electron chi connectivity index (χ1n) is 5.19. The van der Waals surface area contributed by atoms with Gasteiger partial charge in [-0.15, -0.1) is 11.6 Å². The number of aromatic amines is 1. The molecule has 2 N–H and O–H groups in total. The Hall–Kier alpha value is -1.52. The molecule has 1 aromatic heterocycles. The number of pyridine rings is 1. The van der Waals surface area contributed by atoms with E-state index >= 15 is 0 Å². The summed E-state index contributed by atoms with van der Waals surface area (Å²) in [5, 5.41) is 10.1. The number of rotatable bonds is 4. The van der Waals surface area contributed by atoms with Gasteiger partial charge in [0.1, 0.15) is 18.5 Å². The smallest absolute Gasteiger partial charge is 0.252 e. The lowest BCUT2D eigenvalue weighted by Gasteiger charge is -2.11. The highest BCUT2D eigenvalue weighted by atomic mass is 35.5. The molecule has 0 fully saturated rings. The van der Waals surface area contributed by atoms with E-state index in [1.54, 1.807) is 6.07 Å². The van der Waals surface area contributed by atoms with Crippen LogP contribution in [0.15, 0.2) is 35.1 Å². The number of halogens is 1. The first-order valence-corrected chi connectivity index (χ1v) is 5.73. The van der Waals surface area contributed by atoms with Gasteiger partial charge in [0, 0.05) is 11.5 Å². The topological polar surface area (TPSA) is 62.3 Å². The molecule has 4 nitrogen and oxygen atoms in total. The number of aromatic nitrogens is 1. The summed E-state index contributed by atoms with van der Waals surface area (Å²) in [5.41, 5.74) is 0.467. The van der Waals surface area contributed by atoms with E-state index in [1.807, 2.05) is 18.2 Å². The van der Waals surface area contributed by atoms with E-state index in [4.69, 9.17) is 16.3 Å². The molecular weight excluding hydrogens is 242 g/mol. The quantitative estimate of drug-likeness (QED) is 0.812. The van der Waals surface area contributed by atoms with Crippen LogP contribution in [0.2, 0.25) is 0 Å². The second-order valence-corrected chi connectivity index (χ2v) is 3.97. The van der Waals surface area contributed by atoms with Crippen molar-refractivity contribution in [1.82, 2.24) is 4.98 Å². The molecule has 0 spiro atoms. The number of para-hydroxylation sites is 1. The first kappa shape index (κ1) is 12.0. The molecule has 0 amide bonds. The lowest BCUT2D eigenvalue weighted by Crippen LogP contribution is -2.19. The predicted molar refractivity (Wildman–Crippen MR) is 66.8 cm³/mol. The molecule has 0 aliphatic rings. The molecule has 0 radical (unpaired) electrons. The van der Waals surface area contributed by atoms with E-state index in [-0.39, 0.29) is 18.0 Å². The normalized spacial score (nSPS) is 12.6. The number of hydrogen-bond acceptors (Lipinski definition) is 3. The Kier molecular flexibility index (Phi) is 3.66. The van der Waals surface area contributed by atoms with Gasteiger partial charge in [0.05, 0.1) is 11.4 Å².